The number of methoxy groups -OCH3 is 1. The van der Waals surface area contributed by atoms with Gasteiger partial charge in [0.15, 0.2) is 0 Å². The highest BCUT2D eigenvalue weighted by Crippen LogP contribution is 2.36. The summed E-state index contributed by atoms with van der Waals surface area (Å²) in [5, 5.41) is 0.769. The molecule has 0 bridgehead atoms. The molecule has 1 aliphatic carbocycles. The highest BCUT2D eigenvalue weighted by atomic mass is 35.5. The van der Waals surface area contributed by atoms with Crippen molar-refractivity contribution in [1.82, 2.24) is 0 Å². The van der Waals surface area contributed by atoms with E-state index in [0.29, 0.717) is 5.92 Å². The summed E-state index contributed by atoms with van der Waals surface area (Å²) >= 11 is 12.2. The lowest BCUT2D eigenvalue weighted by atomic mass is 9.87. The second-order valence-corrected chi connectivity index (χ2v) is 5.86. The summed E-state index contributed by atoms with van der Waals surface area (Å²) in [7, 11) is 1.71. The van der Waals surface area contributed by atoms with Gasteiger partial charge >= 0.3 is 0 Å². The predicted molar refractivity (Wildman–Crippen MR) is 77.9 cm³/mol. The summed E-state index contributed by atoms with van der Waals surface area (Å²) in [6.45, 7) is 0. The van der Waals surface area contributed by atoms with E-state index in [2.05, 4.69) is 0 Å². The van der Waals surface area contributed by atoms with Gasteiger partial charge in [0, 0.05) is 10.9 Å². The Hall–Kier alpha value is -0.400. The first-order valence-corrected chi connectivity index (χ1v) is 7.54. The van der Waals surface area contributed by atoms with Crippen LogP contribution in [0.2, 0.25) is 5.02 Å². The third-order valence-corrected chi connectivity index (χ3v) is 4.62. The first-order valence-electron chi connectivity index (χ1n) is 6.63. The summed E-state index contributed by atoms with van der Waals surface area (Å²) in [5.74, 6) is 2.96. The van der Waals surface area contributed by atoms with Gasteiger partial charge in [0.25, 0.3) is 0 Å². The second-order valence-electron chi connectivity index (χ2n) is 5.12. The van der Waals surface area contributed by atoms with Crippen molar-refractivity contribution in [2.75, 3.05) is 13.0 Å². The van der Waals surface area contributed by atoms with Gasteiger partial charge < -0.3 is 4.74 Å². The van der Waals surface area contributed by atoms with Crippen molar-refractivity contribution in [3.63, 3.8) is 0 Å². The molecule has 3 heteroatoms. The third-order valence-electron chi connectivity index (χ3n) is 3.99. The maximum atomic E-state index is 6.16. The number of rotatable bonds is 5. The first kappa shape index (κ1) is 14.0. The van der Waals surface area contributed by atoms with Crippen LogP contribution in [0, 0.1) is 11.8 Å². The Kier molecular flexibility index (Phi) is 5.20. The molecule has 1 saturated carbocycles. The van der Waals surface area contributed by atoms with Gasteiger partial charge in [-0.1, -0.05) is 37.3 Å². The average molecular weight is 287 g/mol. The summed E-state index contributed by atoms with van der Waals surface area (Å²) in [5.41, 5.74) is 1.18. The molecule has 1 nitrogen and oxygen atoms in total. The molecule has 18 heavy (non-hydrogen) atoms. The zero-order valence-electron chi connectivity index (χ0n) is 10.8. The molecule has 0 radical (unpaired) electrons. The van der Waals surface area contributed by atoms with Crippen LogP contribution in [0.5, 0.6) is 5.75 Å². The quantitative estimate of drug-likeness (QED) is 0.697. The number of halogens is 2. The fourth-order valence-corrected chi connectivity index (χ4v) is 3.52. The van der Waals surface area contributed by atoms with Crippen LogP contribution in [0.4, 0.5) is 0 Å². The molecule has 0 saturated heterocycles. The molecule has 1 aromatic rings. The number of benzene rings is 1. The third kappa shape index (κ3) is 3.33. The summed E-state index contributed by atoms with van der Waals surface area (Å²) < 4.78 is 5.41. The van der Waals surface area contributed by atoms with Crippen molar-refractivity contribution in [3.05, 3.63) is 28.8 Å². The zero-order chi connectivity index (χ0) is 13.0. The fourth-order valence-electron chi connectivity index (χ4n) is 2.97. The lowest BCUT2D eigenvalue weighted by Gasteiger charge is -2.22. The zero-order valence-corrected chi connectivity index (χ0v) is 12.3. The molecular formula is C15H20Cl2O. The van der Waals surface area contributed by atoms with Crippen LogP contribution >= 0.6 is 23.2 Å². The minimum absolute atomic E-state index is 0.543. The molecule has 0 aromatic heterocycles. The van der Waals surface area contributed by atoms with Gasteiger partial charge in [0.05, 0.1) is 7.11 Å². The van der Waals surface area contributed by atoms with E-state index < -0.39 is 0 Å². The standard InChI is InChI=1S/C15H20Cl2O/c1-18-15-7-6-14(17)9-12(15)8-13(10-16)11-4-2-3-5-11/h6-7,9,11,13H,2-5,8,10H2,1H3. The maximum Gasteiger partial charge on any atom is 0.122 e. The van der Waals surface area contributed by atoms with Gasteiger partial charge in [-0.05, 0) is 42.0 Å². The lowest BCUT2D eigenvalue weighted by molar-refractivity contribution is 0.358. The number of hydrogen-bond donors (Lipinski definition) is 0. The van der Waals surface area contributed by atoms with Crippen LogP contribution < -0.4 is 4.74 Å². The Morgan fingerprint density at radius 2 is 2.06 bits per heavy atom. The Balaban J connectivity index is 2.12. The minimum atomic E-state index is 0.543. The van der Waals surface area contributed by atoms with Crippen LogP contribution in [0.1, 0.15) is 31.2 Å². The van der Waals surface area contributed by atoms with Crippen LogP contribution in [0.3, 0.4) is 0 Å². The van der Waals surface area contributed by atoms with Gasteiger partial charge in [0.1, 0.15) is 5.75 Å². The van der Waals surface area contributed by atoms with Crippen LogP contribution in [0.25, 0.3) is 0 Å². The number of alkyl halides is 1. The molecule has 0 aliphatic heterocycles. The first-order chi connectivity index (χ1) is 8.74. The number of ether oxygens (including phenoxy) is 1. The summed E-state index contributed by atoms with van der Waals surface area (Å²) in [6, 6.07) is 5.82. The Labute approximate surface area is 119 Å². The molecule has 0 N–H and O–H groups in total. The molecule has 0 spiro atoms. The highest BCUT2D eigenvalue weighted by molar-refractivity contribution is 6.30. The number of hydrogen-bond acceptors (Lipinski definition) is 1. The van der Waals surface area contributed by atoms with Crippen molar-refractivity contribution in [1.29, 1.82) is 0 Å². The van der Waals surface area contributed by atoms with Gasteiger partial charge in [-0.15, -0.1) is 11.6 Å². The molecular weight excluding hydrogens is 267 g/mol. The van der Waals surface area contributed by atoms with Gasteiger partial charge in [-0.3, -0.25) is 0 Å². The van der Waals surface area contributed by atoms with E-state index in [1.54, 1.807) is 7.11 Å². The van der Waals surface area contributed by atoms with Crippen molar-refractivity contribution < 1.29 is 4.74 Å². The van der Waals surface area contributed by atoms with E-state index >= 15 is 0 Å². The van der Waals surface area contributed by atoms with E-state index in [9.17, 15) is 0 Å². The predicted octanol–water partition coefficient (Wildman–Crippen LogP) is 4.94. The fraction of sp³-hybridized carbons (Fsp3) is 0.600. The monoisotopic (exact) mass is 286 g/mol. The van der Waals surface area contributed by atoms with Crippen molar-refractivity contribution in [2.24, 2.45) is 11.8 Å². The van der Waals surface area contributed by atoms with Gasteiger partial charge in [-0.25, -0.2) is 0 Å². The molecule has 1 fully saturated rings. The highest BCUT2D eigenvalue weighted by Gasteiger charge is 2.25. The maximum absolute atomic E-state index is 6.16. The second kappa shape index (κ2) is 6.68. The minimum Gasteiger partial charge on any atom is -0.496 e. The molecule has 1 unspecified atom stereocenters. The van der Waals surface area contributed by atoms with Gasteiger partial charge in [-0.2, -0.15) is 0 Å². The largest absolute Gasteiger partial charge is 0.496 e. The molecule has 2 rings (SSSR count). The van der Waals surface area contributed by atoms with E-state index in [1.165, 1.54) is 31.2 Å². The van der Waals surface area contributed by atoms with E-state index in [-0.39, 0.29) is 0 Å². The Morgan fingerprint density at radius 1 is 1.33 bits per heavy atom. The Bertz CT molecular complexity index is 386. The van der Waals surface area contributed by atoms with E-state index in [0.717, 1.165) is 29.0 Å². The smallest absolute Gasteiger partial charge is 0.122 e. The molecule has 1 aromatic carbocycles. The SMILES string of the molecule is COc1ccc(Cl)cc1CC(CCl)C1CCCC1. The van der Waals surface area contributed by atoms with Crippen LogP contribution in [0.15, 0.2) is 18.2 Å². The van der Waals surface area contributed by atoms with E-state index in [1.807, 2.05) is 18.2 Å². The average Bonchev–Trinajstić information content (AvgIpc) is 2.90. The normalized spacial score (nSPS) is 17.9. The van der Waals surface area contributed by atoms with Crippen LogP contribution in [-0.2, 0) is 6.42 Å². The van der Waals surface area contributed by atoms with Crippen molar-refractivity contribution in [3.8, 4) is 5.75 Å². The molecule has 1 atom stereocenters. The molecule has 0 heterocycles. The lowest BCUT2D eigenvalue weighted by Crippen LogP contribution is -2.16. The molecule has 0 amide bonds. The summed E-state index contributed by atoms with van der Waals surface area (Å²) in [6.07, 6.45) is 6.31. The summed E-state index contributed by atoms with van der Waals surface area (Å²) in [4.78, 5) is 0. The molecule has 100 valence electrons. The van der Waals surface area contributed by atoms with E-state index in [4.69, 9.17) is 27.9 Å². The van der Waals surface area contributed by atoms with Crippen molar-refractivity contribution >= 4 is 23.2 Å². The molecule has 1 aliphatic rings. The Morgan fingerprint density at radius 3 is 2.67 bits per heavy atom. The van der Waals surface area contributed by atoms with Crippen LogP contribution in [-0.4, -0.2) is 13.0 Å². The topological polar surface area (TPSA) is 9.23 Å². The van der Waals surface area contributed by atoms with Crippen molar-refractivity contribution in [2.45, 2.75) is 32.1 Å². The van der Waals surface area contributed by atoms with Gasteiger partial charge in [0.2, 0.25) is 0 Å².